The summed E-state index contributed by atoms with van der Waals surface area (Å²) in [4.78, 5) is 18.9. The maximum Gasteiger partial charge on any atom is 0.147 e. The molecule has 1 fully saturated rings. The molecule has 3 rings (SSSR count). The molecule has 2 aliphatic rings. The van der Waals surface area contributed by atoms with Crippen molar-refractivity contribution in [1.29, 1.82) is 0 Å². The van der Waals surface area contributed by atoms with Crippen LogP contribution >= 0.6 is 0 Å². The zero-order valence-corrected chi connectivity index (χ0v) is 28.6. The Morgan fingerprint density at radius 2 is 1.55 bits per heavy atom. The number of aryl methyl sites for hydroxylation is 2. The van der Waals surface area contributed by atoms with Crippen LogP contribution in [0.4, 0.5) is 0 Å². The van der Waals surface area contributed by atoms with E-state index >= 15 is 0 Å². The Morgan fingerprint density at radius 3 is 2.07 bits per heavy atom. The fraction of sp³-hybridized carbons (Fsp3) is 0.692. The molecule has 1 N–H and O–H groups in total. The zero-order valence-electron chi connectivity index (χ0n) is 28.6. The highest BCUT2D eigenvalue weighted by Gasteiger charge is 2.24. The second-order valence-electron chi connectivity index (χ2n) is 13.2. The van der Waals surface area contributed by atoms with E-state index in [9.17, 15) is 9.59 Å². The van der Waals surface area contributed by atoms with Gasteiger partial charge in [-0.3, -0.25) is 9.59 Å². The lowest BCUT2D eigenvalue weighted by molar-refractivity contribution is -0.105. The van der Waals surface area contributed by atoms with Gasteiger partial charge in [0.25, 0.3) is 0 Å². The number of rotatable bonds is 18. The van der Waals surface area contributed by atoms with Crippen LogP contribution in [0.1, 0.15) is 114 Å². The minimum Gasteiger partial charge on any atom is -0.392 e. The number of aliphatic hydroxyl groups excluding tert-OH is 1. The van der Waals surface area contributed by atoms with Gasteiger partial charge >= 0.3 is 0 Å². The smallest absolute Gasteiger partial charge is 0.147 e. The Balaban J connectivity index is 0.000000752. The molecule has 0 heterocycles. The van der Waals surface area contributed by atoms with Gasteiger partial charge in [0.15, 0.2) is 0 Å². The minimum absolute atomic E-state index is 0.218. The van der Waals surface area contributed by atoms with E-state index in [0.717, 1.165) is 43.2 Å². The summed E-state index contributed by atoms with van der Waals surface area (Å²) in [6.07, 6.45) is 23.2. The SMILES string of the molecule is C=C(C)C=O.C=C(C=O)CO.CCCC1CCc2cc(CCCCC3CCC(CC(CCOC)CCOC)CC3)ccc2C1. The second kappa shape index (κ2) is 25.2. The highest BCUT2D eigenvalue weighted by atomic mass is 16.5. The zero-order chi connectivity index (χ0) is 32.6. The van der Waals surface area contributed by atoms with Crippen LogP contribution in [0.2, 0.25) is 0 Å². The molecule has 250 valence electrons. The van der Waals surface area contributed by atoms with Gasteiger partial charge in [0.1, 0.15) is 12.6 Å². The number of hydrogen-bond acceptors (Lipinski definition) is 5. The molecular weight excluding hydrogens is 548 g/mol. The topological polar surface area (TPSA) is 72.8 Å². The van der Waals surface area contributed by atoms with Crippen molar-refractivity contribution < 1.29 is 24.2 Å². The number of carbonyl (C=O) groups is 2. The molecule has 2 aliphatic carbocycles. The molecule has 0 aliphatic heterocycles. The Labute approximate surface area is 269 Å². The Hall–Kier alpha value is -2.08. The van der Waals surface area contributed by atoms with Crippen LogP contribution in [-0.4, -0.2) is 51.7 Å². The van der Waals surface area contributed by atoms with Crippen molar-refractivity contribution in [3.63, 3.8) is 0 Å². The third-order valence-electron chi connectivity index (χ3n) is 9.29. The molecule has 1 aromatic rings. The van der Waals surface area contributed by atoms with Gasteiger partial charge in [-0.05, 0) is 104 Å². The molecule has 0 aromatic heterocycles. The van der Waals surface area contributed by atoms with Gasteiger partial charge in [-0.15, -0.1) is 0 Å². The predicted molar refractivity (Wildman–Crippen MR) is 184 cm³/mol. The Kier molecular flexibility index (Phi) is 22.8. The van der Waals surface area contributed by atoms with Crippen molar-refractivity contribution >= 4 is 12.6 Å². The highest BCUT2D eigenvalue weighted by Crippen LogP contribution is 2.36. The number of hydrogen-bond donors (Lipinski definition) is 1. The van der Waals surface area contributed by atoms with Gasteiger partial charge < -0.3 is 14.6 Å². The molecule has 0 amide bonds. The normalized spacial score (nSPS) is 19.1. The number of methoxy groups -OCH3 is 2. The number of aldehydes is 2. The van der Waals surface area contributed by atoms with Gasteiger partial charge in [0, 0.05) is 33.0 Å². The van der Waals surface area contributed by atoms with Crippen LogP contribution < -0.4 is 0 Å². The van der Waals surface area contributed by atoms with E-state index in [4.69, 9.17) is 14.6 Å². The van der Waals surface area contributed by atoms with E-state index in [1.54, 1.807) is 23.6 Å². The molecule has 1 atom stereocenters. The van der Waals surface area contributed by atoms with E-state index in [1.807, 2.05) is 14.2 Å². The van der Waals surface area contributed by atoms with E-state index in [2.05, 4.69) is 38.3 Å². The standard InChI is InChI=1S/C31H52O2.C4H6O2.C4H6O/c1-4-7-26-14-16-31-24-27(15-17-30(31)23-26)9-6-5-8-25-10-12-28(13-11-25)22-29(18-20-32-2)19-21-33-3;1-4(2-5)3-6;1-4(2)3-5/h15,17,24-26,28-29H,4-14,16,18-23H2,1-3H3;2,6H,1,3H2;3H,1H2,2H3. The molecule has 1 unspecified atom stereocenters. The third kappa shape index (κ3) is 18.0. The predicted octanol–water partition coefficient (Wildman–Crippen LogP) is 8.69. The number of fused-ring (bicyclic) bond motifs is 1. The summed E-state index contributed by atoms with van der Waals surface area (Å²) in [5.41, 5.74) is 5.68. The maximum atomic E-state index is 9.48. The number of benzene rings is 1. The summed E-state index contributed by atoms with van der Waals surface area (Å²) in [6.45, 7) is 12.0. The molecule has 1 aromatic carbocycles. The lowest BCUT2D eigenvalue weighted by Crippen LogP contribution is -2.19. The average Bonchev–Trinajstić information content (AvgIpc) is 3.05. The maximum absolute atomic E-state index is 9.48. The van der Waals surface area contributed by atoms with Crippen LogP contribution in [-0.2, 0) is 38.3 Å². The van der Waals surface area contributed by atoms with Gasteiger partial charge in [0.2, 0.25) is 0 Å². The highest BCUT2D eigenvalue weighted by molar-refractivity contribution is 5.72. The molecule has 44 heavy (non-hydrogen) atoms. The number of ether oxygens (including phenoxy) is 2. The van der Waals surface area contributed by atoms with Gasteiger partial charge in [-0.2, -0.15) is 0 Å². The van der Waals surface area contributed by atoms with E-state index < -0.39 is 0 Å². The van der Waals surface area contributed by atoms with Crippen LogP contribution in [0.25, 0.3) is 0 Å². The first kappa shape index (κ1) is 39.9. The first-order chi connectivity index (χ1) is 21.3. The first-order valence-corrected chi connectivity index (χ1v) is 17.2. The van der Waals surface area contributed by atoms with Crippen LogP contribution in [0.15, 0.2) is 42.5 Å². The number of unbranched alkanes of at least 4 members (excludes halogenated alkanes) is 1. The van der Waals surface area contributed by atoms with Gasteiger partial charge in [-0.1, -0.05) is 89.6 Å². The monoisotopic (exact) mass is 612 g/mol. The molecular formula is C39H64O5. The Bertz CT molecular complexity index is 922. The minimum atomic E-state index is -0.233. The lowest BCUT2D eigenvalue weighted by atomic mass is 9.75. The van der Waals surface area contributed by atoms with E-state index in [1.165, 1.54) is 103 Å². The summed E-state index contributed by atoms with van der Waals surface area (Å²) in [6, 6.07) is 7.44. The summed E-state index contributed by atoms with van der Waals surface area (Å²) < 4.78 is 10.7. The van der Waals surface area contributed by atoms with Crippen molar-refractivity contribution in [2.75, 3.05) is 34.0 Å². The first-order valence-electron chi connectivity index (χ1n) is 17.2. The molecule has 0 spiro atoms. The van der Waals surface area contributed by atoms with Crippen LogP contribution in [0, 0.1) is 23.7 Å². The molecule has 0 bridgehead atoms. The van der Waals surface area contributed by atoms with Crippen molar-refractivity contribution in [2.45, 2.75) is 117 Å². The summed E-state index contributed by atoms with van der Waals surface area (Å²) >= 11 is 0. The van der Waals surface area contributed by atoms with E-state index in [0.29, 0.717) is 11.9 Å². The molecule has 1 saturated carbocycles. The Morgan fingerprint density at radius 1 is 0.909 bits per heavy atom. The quantitative estimate of drug-likeness (QED) is 0.102. The van der Waals surface area contributed by atoms with Crippen molar-refractivity contribution in [3.8, 4) is 0 Å². The molecule has 0 radical (unpaired) electrons. The van der Waals surface area contributed by atoms with Gasteiger partial charge in [-0.25, -0.2) is 0 Å². The fourth-order valence-corrected chi connectivity index (χ4v) is 6.67. The van der Waals surface area contributed by atoms with Crippen molar-refractivity contribution in [3.05, 3.63) is 59.2 Å². The third-order valence-corrected chi connectivity index (χ3v) is 9.29. The summed E-state index contributed by atoms with van der Waals surface area (Å²) in [5.74, 6) is 3.63. The van der Waals surface area contributed by atoms with E-state index in [-0.39, 0.29) is 12.2 Å². The summed E-state index contributed by atoms with van der Waals surface area (Å²) in [5, 5.41) is 8.00. The molecule has 0 saturated heterocycles. The average molecular weight is 613 g/mol. The number of aliphatic hydroxyl groups is 1. The fourth-order valence-electron chi connectivity index (χ4n) is 6.67. The van der Waals surface area contributed by atoms with Gasteiger partial charge in [0.05, 0.1) is 6.61 Å². The molecule has 5 heteroatoms. The molecule has 5 nitrogen and oxygen atoms in total. The largest absolute Gasteiger partial charge is 0.392 e. The number of allylic oxidation sites excluding steroid dienone is 1. The van der Waals surface area contributed by atoms with Crippen molar-refractivity contribution in [2.24, 2.45) is 23.7 Å². The van der Waals surface area contributed by atoms with Crippen LogP contribution in [0.3, 0.4) is 0 Å². The van der Waals surface area contributed by atoms with Crippen LogP contribution in [0.5, 0.6) is 0 Å². The lowest BCUT2D eigenvalue weighted by Gasteiger charge is -2.31. The summed E-state index contributed by atoms with van der Waals surface area (Å²) in [7, 11) is 3.65. The second-order valence-corrected chi connectivity index (χ2v) is 13.2. The number of carbonyl (C=O) groups excluding carboxylic acids is 2. The van der Waals surface area contributed by atoms with Crippen molar-refractivity contribution in [1.82, 2.24) is 0 Å².